The van der Waals surface area contributed by atoms with Crippen molar-refractivity contribution in [1.82, 2.24) is 4.98 Å². The van der Waals surface area contributed by atoms with Gasteiger partial charge in [0.25, 0.3) is 6.43 Å². The van der Waals surface area contributed by atoms with Crippen LogP contribution in [0.4, 0.5) is 8.78 Å². The van der Waals surface area contributed by atoms with Crippen molar-refractivity contribution in [3.63, 3.8) is 0 Å². The van der Waals surface area contributed by atoms with Crippen LogP contribution in [0.25, 0.3) is 0 Å². The van der Waals surface area contributed by atoms with E-state index < -0.39 is 18.1 Å². The Kier molecular flexibility index (Phi) is 3.08. The van der Waals surface area contributed by atoms with E-state index in [0.29, 0.717) is 0 Å². The minimum Gasteiger partial charge on any atom is -0.478 e. The molecule has 3 N–H and O–H groups in total. The maximum absolute atomic E-state index is 12.2. The number of carboxylic acids is 1. The van der Waals surface area contributed by atoms with Crippen LogP contribution in [0.3, 0.4) is 0 Å². The SMILES string of the molecule is NCc1nc(C(F)F)ccc1C(=O)O. The fraction of sp³-hybridized carbons (Fsp3) is 0.250. The molecule has 1 heterocycles. The van der Waals surface area contributed by atoms with Gasteiger partial charge in [-0.05, 0) is 12.1 Å². The van der Waals surface area contributed by atoms with E-state index in [9.17, 15) is 13.6 Å². The lowest BCUT2D eigenvalue weighted by Gasteiger charge is -2.05. The number of rotatable bonds is 3. The molecule has 0 aliphatic heterocycles. The molecule has 0 aliphatic rings. The number of alkyl halides is 2. The summed E-state index contributed by atoms with van der Waals surface area (Å²) in [4.78, 5) is 14.0. The quantitative estimate of drug-likeness (QED) is 0.771. The molecule has 0 fully saturated rings. The highest BCUT2D eigenvalue weighted by Crippen LogP contribution is 2.18. The van der Waals surface area contributed by atoms with Gasteiger partial charge in [0.1, 0.15) is 5.69 Å². The average molecular weight is 202 g/mol. The summed E-state index contributed by atoms with van der Waals surface area (Å²) in [6.07, 6.45) is -2.72. The highest BCUT2D eigenvalue weighted by atomic mass is 19.3. The van der Waals surface area contributed by atoms with Gasteiger partial charge in [-0.15, -0.1) is 0 Å². The first-order valence-corrected chi connectivity index (χ1v) is 3.77. The topological polar surface area (TPSA) is 76.2 Å². The van der Waals surface area contributed by atoms with E-state index in [2.05, 4.69) is 4.98 Å². The van der Waals surface area contributed by atoms with Crippen molar-refractivity contribution in [2.75, 3.05) is 0 Å². The van der Waals surface area contributed by atoms with Gasteiger partial charge in [-0.2, -0.15) is 0 Å². The van der Waals surface area contributed by atoms with Crippen LogP contribution in [-0.4, -0.2) is 16.1 Å². The molecule has 0 aromatic carbocycles. The Morgan fingerprint density at radius 1 is 1.57 bits per heavy atom. The van der Waals surface area contributed by atoms with Gasteiger partial charge in [-0.25, -0.2) is 18.6 Å². The summed E-state index contributed by atoms with van der Waals surface area (Å²) in [7, 11) is 0. The normalized spacial score (nSPS) is 10.6. The Hall–Kier alpha value is -1.56. The number of halogens is 2. The van der Waals surface area contributed by atoms with Crippen LogP contribution in [0.2, 0.25) is 0 Å². The van der Waals surface area contributed by atoms with Gasteiger partial charge in [0.05, 0.1) is 11.3 Å². The Labute approximate surface area is 78.4 Å². The Bertz CT molecular complexity index is 355. The van der Waals surface area contributed by atoms with Gasteiger partial charge in [-0.3, -0.25) is 0 Å². The summed E-state index contributed by atoms with van der Waals surface area (Å²) >= 11 is 0. The largest absolute Gasteiger partial charge is 0.478 e. The number of hydrogen-bond acceptors (Lipinski definition) is 3. The molecule has 0 spiro atoms. The lowest BCUT2D eigenvalue weighted by molar-refractivity contribution is 0.0694. The molecule has 6 heteroatoms. The molecule has 0 bridgehead atoms. The third-order valence-corrected chi connectivity index (χ3v) is 1.64. The van der Waals surface area contributed by atoms with Gasteiger partial charge in [-0.1, -0.05) is 0 Å². The smallest absolute Gasteiger partial charge is 0.337 e. The van der Waals surface area contributed by atoms with Crippen LogP contribution in [-0.2, 0) is 6.54 Å². The second kappa shape index (κ2) is 4.10. The molecule has 0 unspecified atom stereocenters. The number of aromatic carboxylic acids is 1. The van der Waals surface area contributed by atoms with Crippen molar-refractivity contribution >= 4 is 5.97 Å². The molecule has 0 saturated heterocycles. The number of nitrogens with two attached hydrogens (primary N) is 1. The van der Waals surface area contributed by atoms with Gasteiger partial charge < -0.3 is 10.8 Å². The predicted octanol–water partition coefficient (Wildman–Crippen LogP) is 1.18. The molecule has 0 radical (unpaired) electrons. The number of carbonyl (C=O) groups is 1. The molecule has 1 aromatic heterocycles. The third-order valence-electron chi connectivity index (χ3n) is 1.64. The van der Waals surface area contributed by atoms with Crippen molar-refractivity contribution in [1.29, 1.82) is 0 Å². The third kappa shape index (κ3) is 2.02. The molecule has 0 atom stereocenters. The van der Waals surface area contributed by atoms with Crippen molar-refractivity contribution in [2.24, 2.45) is 5.73 Å². The Morgan fingerprint density at radius 2 is 2.21 bits per heavy atom. The average Bonchev–Trinajstić information content (AvgIpc) is 2.16. The van der Waals surface area contributed by atoms with Crippen LogP contribution < -0.4 is 5.73 Å². The van der Waals surface area contributed by atoms with Gasteiger partial charge in [0, 0.05) is 6.54 Å². The number of pyridine rings is 1. The summed E-state index contributed by atoms with van der Waals surface area (Å²) < 4.78 is 24.3. The van der Waals surface area contributed by atoms with Crippen molar-refractivity contribution < 1.29 is 18.7 Å². The molecule has 0 saturated carbocycles. The van der Waals surface area contributed by atoms with E-state index in [1.165, 1.54) is 0 Å². The molecule has 1 rings (SSSR count). The lowest BCUT2D eigenvalue weighted by atomic mass is 10.1. The van der Waals surface area contributed by atoms with E-state index in [1.807, 2.05) is 0 Å². The van der Waals surface area contributed by atoms with Crippen LogP contribution in [0.5, 0.6) is 0 Å². The van der Waals surface area contributed by atoms with E-state index in [-0.39, 0.29) is 17.8 Å². The maximum Gasteiger partial charge on any atom is 0.337 e. The number of nitrogens with zero attached hydrogens (tertiary/aromatic N) is 1. The summed E-state index contributed by atoms with van der Waals surface area (Å²) in [6, 6.07) is 2.06. The van der Waals surface area contributed by atoms with Crippen LogP contribution in [0, 0.1) is 0 Å². The fourth-order valence-electron chi connectivity index (χ4n) is 0.990. The Morgan fingerprint density at radius 3 is 2.64 bits per heavy atom. The van der Waals surface area contributed by atoms with Crippen LogP contribution in [0.15, 0.2) is 12.1 Å². The molecule has 0 aliphatic carbocycles. The van der Waals surface area contributed by atoms with Crippen molar-refractivity contribution in [2.45, 2.75) is 13.0 Å². The second-order valence-electron chi connectivity index (χ2n) is 2.54. The highest BCUT2D eigenvalue weighted by molar-refractivity contribution is 5.88. The van der Waals surface area contributed by atoms with Crippen molar-refractivity contribution in [3.8, 4) is 0 Å². The number of carboxylic acid groups (broad SMARTS) is 1. The first-order valence-electron chi connectivity index (χ1n) is 3.77. The van der Waals surface area contributed by atoms with Crippen LogP contribution in [0.1, 0.15) is 28.2 Å². The van der Waals surface area contributed by atoms with E-state index in [0.717, 1.165) is 12.1 Å². The molecule has 1 aromatic rings. The van der Waals surface area contributed by atoms with E-state index in [1.54, 1.807) is 0 Å². The van der Waals surface area contributed by atoms with Gasteiger partial charge in [0.15, 0.2) is 0 Å². The summed E-state index contributed by atoms with van der Waals surface area (Å²) in [5, 5.41) is 8.64. The second-order valence-corrected chi connectivity index (χ2v) is 2.54. The number of aromatic nitrogens is 1. The van der Waals surface area contributed by atoms with Crippen LogP contribution >= 0.6 is 0 Å². The zero-order valence-corrected chi connectivity index (χ0v) is 7.08. The highest BCUT2D eigenvalue weighted by Gasteiger charge is 2.15. The van der Waals surface area contributed by atoms with Gasteiger partial charge >= 0.3 is 5.97 Å². The lowest BCUT2D eigenvalue weighted by Crippen LogP contribution is -2.10. The minimum atomic E-state index is -2.72. The standard InChI is InChI=1S/C8H8F2N2O2/c9-7(10)5-2-1-4(8(13)14)6(3-11)12-5/h1-2,7H,3,11H2,(H,13,14). The first kappa shape index (κ1) is 10.5. The number of hydrogen-bond donors (Lipinski definition) is 2. The maximum atomic E-state index is 12.2. The van der Waals surface area contributed by atoms with Crippen molar-refractivity contribution in [3.05, 3.63) is 29.1 Å². The monoisotopic (exact) mass is 202 g/mol. The van der Waals surface area contributed by atoms with E-state index in [4.69, 9.17) is 10.8 Å². The summed E-state index contributed by atoms with van der Waals surface area (Å²) in [5.74, 6) is -1.22. The zero-order chi connectivity index (χ0) is 10.7. The summed E-state index contributed by atoms with van der Waals surface area (Å²) in [5.41, 5.74) is 4.55. The van der Waals surface area contributed by atoms with E-state index >= 15 is 0 Å². The molecule has 76 valence electrons. The zero-order valence-electron chi connectivity index (χ0n) is 7.08. The summed E-state index contributed by atoms with van der Waals surface area (Å²) in [6.45, 7) is -0.178. The molecule has 4 nitrogen and oxygen atoms in total. The molecule has 0 amide bonds. The Balaban J connectivity index is 3.18. The first-order chi connectivity index (χ1) is 6.56. The minimum absolute atomic E-state index is 0.0321. The molecular formula is C8H8F2N2O2. The fourth-order valence-corrected chi connectivity index (χ4v) is 0.990. The molecule has 14 heavy (non-hydrogen) atoms. The van der Waals surface area contributed by atoms with Gasteiger partial charge in [0.2, 0.25) is 0 Å². The predicted molar refractivity (Wildman–Crippen MR) is 44.0 cm³/mol. The molecular weight excluding hydrogens is 194 g/mol.